The topological polar surface area (TPSA) is 32.5 Å². The smallest absolute Gasteiger partial charge is 0.271 e. The lowest BCUT2D eigenvalue weighted by Gasteiger charge is -1.94. The van der Waals surface area contributed by atoms with Crippen LogP contribution < -0.4 is 0 Å². The van der Waals surface area contributed by atoms with Crippen molar-refractivity contribution in [3.05, 3.63) is 0 Å². The number of aliphatic hydroxyl groups excluding tert-OH is 1. The van der Waals surface area contributed by atoms with E-state index in [0.29, 0.717) is 12.3 Å². The molecular weight excluding hydrogens is 129 g/mol. The van der Waals surface area contributed by atoms with Crippen molar-refractivity contribution in [3.63, 3.8) is 0 Å². The predicted molar refractivity (Wildman–Crippen MR) is 38.4 cm³/mol. The molecule has 0 spiro atoms. The Kier molecular flexibility index (Phi) is 2.32. The van der Waals surface area contributed by atoms with Gasteiger partial charge in [-0.25, -0.2) is 4.58 Å². The van der Waals surface area contributed by atoms with Gasteiger partial charge in [0, 0.05) is 0 Å². The Morgan fingerprint density at radius 3 is 3.00 bits per heavy atom. The molecule has 54 valence electrons. The molecule has 0 fully saturated rings. The third-order valence-corrected chi connectivity index (χ3v) is 1.48. The van der Waals surface area contributed by atoms with E-state index in [-0.39, 0.29) is 12.7 Å². The van der Waals surface area contributed by atoms with Gasteiger partial charge in [-0.3, -0.25) is 0 Å². The van der Waals surface area contributed by atoms with Gasteiger partial charge in [0.1, 0.15) is 6.61 Å². The summed E-state index contributed by atoms with van der Waals surface area (Å²) in [6.45, 7) is 3.42. The van der Waals surface area contributed by atoms with E-state index in [1.54, 1.807) is 0 Å². The van der Waals surface area contributed by atoms with Crippen molar-refractivity contribution in [3.8, 4) is 0 Å². The van der Waals surface area contributed by atoms with Crippen molar-refractivity contribution in [2.45, 2.75) is 13.0 Å². The van der Waals surface area contributed by atoms with Crippen molar-refractivity contribution in [2.75, 3.05) is 19.7 Å². The lowest BCUT2D eigenvalue weighted by atomic mass is 10.1. The lowest BCUT2D eigenvalue weighted by molar-refractivity contribution is -0.521. The summed E-state index contributed by atoms with van der Waals surface area (Å²) in [6.07, 6.45) is 0.159. The van der Waals surface area contributed by atoms with Gasteiger partial charge in [-0.2, -0.15) is 0 Å². The van der Waals surface area contributed by atoms with Crippen molar-refractivity contribution in [2.24, 2.45) is 0 Å². The Hall–Kier alpha value is -0.505. The molecule has 10 heavy (non-hydrogen) atoms. The van der Waals surface area contributed by atoms with Crippen LogP contribution in [0, 0.1) is 0 Å². The first kappa shape index (κ1) is 7.60. The Bertz CT molecular complexity index is 158. The Balaban J connectivity index is 2.49. The van der Waals surface area contributed by atoms with Crippen LogP contribution in [-0.2, 0) is 4.74 Å². The molecular formula is C6H11BNO2+. The second kappa shape index (κ2) is 3.06. The molecule has 1 unspecified atom stereocenters. The molecule has 3 nitrogen and oxygen atoms in total. The molecule has 0 aromatic heterocycles. The zero-order valence-corrected chi connectivity index (χ0v) is 6.08. The first-order valence-corrected chi connectivity index (χ1v) is 3.39. The van der Waals surface area contributed by atoms with Gasteiger partial charge >= 0.3 is 0 Å². The van der Waals surface area contributed by atoms with Crippen LogP contribution in [0.5, 0.6) is 0 Å². The fourth-order valence-corrected chi connectivity index (χ4v) is 1.04. The molecule has 0 aromatic rings. The van der Waals surface area contributed by atoms with Crippen LogP contribution in [0.15, 0.2) is 0 Å². The van der Waals surface area contributed by atoms with E-state index in [1.807, 2.05) is 11.5 Å². The van der Waals surface area contributed by atoms with Gasteiger partial charge in [-0.05, 0) is 6.92 Å². The minimum atomic E-state index is 0.122. The molecule has 4 heteroatoms. The van der Waals surface area contributed by atoms with E-state index >= 15 is 0 Å². The van der Waals surface area contributed by atoms with Crippen molar-refractivity contribution in [1.82, 2.24) is 0 Å². The molecule has 0 saturated carbocycles. The van der Waals surface area contributed by atoms with Gasteiger partial charge in [-0.1, -0.05) is 0 Å². The second-order valence-corrected chi connectivity index (χ2v) is 2.44. The number of β-amino-alcohol motifs (C(OH)–C–C–N with tert-alkyl or cyclic N) is 1. The largest absolute Gasteiger partial charge is 0.448 e. The van der Waals surface area contributed by atoms with Gasteiger partial charge in [0.15, 0.2) is 19.2 Å². The van der Waals surface area contributed by atoms with Crippen molar-refractivity contribution < 1.29 is 14.4 Å². The van der Waals surface area contributed by atoms with E-state index in [4.69, 9.17) is 17.7 Å². The summed E-state index contributed by atoms with van der Waals surface area (Å²) in [5, 5.41) is 8.56. The number of hydrogen-bond donors (Lipinski definition) is 1. The zero-order valence-electron chi connectivity index (χ0n) is 6.08. The van der Waals surface area contributed by atoms with Crippen molar-refractivity contribution in [1.29, 1.82) is 0 Å². The highest BCUT2D eigenvalue weighted by atomic mass is 16.5. The van der Waals surface area contributed by atoms with Gasteiger partial charge in [-0.15, -0.1) is 0 Å². The third kappa shape index (κ3) is 1.50. The maximum Gasteiger partial charge on any atom is 0.271 e. The molecule has 1 aliphatic heterocycles. The highest BCUT2D eigenvalue weighted by Gasteiger charge is 2.24. The predicted octanol–water partition coefficient (Wildman–Crippen LogP) is -1.07. The van der Waals surface area contributed by atoms with Crippen LogP contribution in [0.2, 0.25) is 0 Å². The molecule has 0 amide bonds. The molecule has 2 radical (unpaired) electrons. The fourth-order valence-electron chi connectivity index (χ4n) is 1.04. The molecule has 0 aliphatic carbocycles. The molecule has 1 aliphatic rings. The number of rotatable bonds is 2. The second-order valence-electron chi connectivity index (χ2n) is 2.44. The third-order valence-electron chi connectivity index (χ3n) is 1.48. The SMILES string of the molecule is [B]C1=[N+](CCO)CC(C)O1. The molecule has 1 atom stereocenters. The maximum atomic E-state index is 8.56. The molecule has 0 saturated heterocycles. The summed E-state index contributed by atoms with van der Waals surface area (Å²) in [6, 6.07) is 0. The average molecular weight is 140 g/mol. The van der Waals surface area contributed by atoms with Gasteiger partial charge in [0.2, 0.25) is 0 Å². The summed E-state index contributed by atoms with van der Waals surface area (Å²) >= 11 is 0. The summed E-state index contributed by atoms with van der Waals surface area (Å²) in [7, 11) is 5.46. The number of aliphatic hydroxyl groups is 1. The van der Waals surface area contributed by atoms with E-state index in [0.717, 1.165) is 6.54 Å². The van der Waals surface area contributed by atoms with E-state index < -0.39 is 0 Å². The number of nitrogens with zero attached hydrogens (tertiary/aromatic N) is 1. The highest BCUT2D eigenvalue weighted by molar-refractivity contribution is 6.55. The summed E-state index contributed by atoms with van der Waals surface area (Å²) in [4.78, 5) is 0. The van der Waals surface area contributed by atoms with E-state index in [9.17, 15) is 0 Å². The Morgan fingerprint density at radius 1 is 1.90 bits per heavy atom. The van der Waals surface area contributed by atoms with Crippen molar-refractivity contribution >= 4 is 13.6 Å². The normalized spacial score (nSPS) is 25.2. The minimum Gasteiger partial charge on any atom is -0.448 e. The monoisotopic (exact) mass is 140 g/mol. The molecule has 0 bridgehead atoms. The first-order valence-electron chi connectivity index (χ1n) is 3.39. The first-order chi connectivity index (χ1) is 4.74. The standard InChI is InChI=1S/C6H11BNO2/c1-5-4-8(2-3-9)6(7)10-5/h5,9H,2-4H2,1H3/q+1. The highest BCUT2D eigenvalue weighted by Crippen LogP contribution is 2.00. The van der Waals surface area contributed by atoms with Gasteiger partial charge in [0.05, 0.1) is 0 Å². The van der Waals surface area contributed by atoms with Gasteiger partial charge < -0.3 is 9.84 Å². The van der Waals surface area contributed by atoms with E-state index in [2.05, 4.69) is 0 Å². The number of ether oxygens (including phenoxy) is 1. The Labute approximate surface area is 61.7 Å². The maximum absolute atomic E-state index is 8.56. The average Bonchev–Trinajstić information content (AvgIpc) is 2.13. The summed E-state index contributed by atoms with van der Waals surface area (Å²) in [5.41, 5.74) is 0. The van der Waals surface area contributed by atoms with Crippen LogP contribution >= 0.6 is 0 Å². The minimum absolute atomic E-state index is 0.122. The quantitative estimate of drug-likeness (QED) is 0.391. The number of hydrogen-bond acceptors (Lipinski definition) is 2. The van der Waals surface area contributed by atoms with Crippen LogP contribution in [0.3, 0.4) is 0 Å². The zero-order chi connectivity index (χ0) is 7.56. The molecule has 0 aromatic carbocycles. The molecule has 1 N–H and O–H groups in total. The van der Waals surface area contributed by atoms with Gasteiger partial charge in [0.25, 0.3) is 13.6 Å². The Morgan fingerprint density at radius 2 is 2.60 bits per heavy atom. The summed E-state index contributed by atoms with van der Waals surface area (Å²) in [5.74, 6) is 0.432. The van der Waals surface area contributed by atoms with Crippen LogP contribution in [0.1, 0.15) is 6.92 Å². The summed E-state index contributed by atoms with van der Waals surface area (Å²) < 4.78 is 6.96. The van der Waals surface area contributed by atoms with E-state index in [1.165, 1.54) is 0 Å². The van der Waals surface area contributed by atoms with Crippen LogP contribution in [0.4, 0.5) is 0 Å². The van der Waals surface area contributed by atoms with Crippen LogP contribution in [-0.4, -0.2) is 49.1 Å². The fraction of sp³-hybridized carbons (Fsp3) is 0.833. The molecule has 1 heterocycles. The molecule has 1 rings (SSSR count). The lowest BCUT2D eigenvalue weighted by Crippen LogP contribution is -2.20. The van der Waals surface area contributed by atoms with Crippen LogP contribution in [0.25, 0.3) is 0 Å².